The zero-order chi connectivity index (χ0) is 36.8. The Labute approximate surface area is 312 Å². The van der Waals surface area contributed by atoms with Crippen LogP contribution in [-0.4, -0.2) is 43.3 Å². The maximum absolute atomic E-state index is 12.8. The molecule has 2 saturated heterocycles. The Morgan fingerprint density at radius 3 is 2.16 bits per heavy atom. The first kappa shape index (κ1) is 38.5. The fourth-order valence-corrected chi connectivity index (χ4v) is 14.1. The van der Waals surface area contributed by atoms with Crippen molar-refractivity contribution in [3.05, 3.63) is 11.6 Å². The number of carbonyl (C=O) groups is 1. The van der Waals surface area contributed by atoms with Gasteiger partial charge in [0.25, 0.3) is 0 Å². The molecule has 0 amide bonds. The van der Waals surface area contributed by atoms with Crippen LogP contribution in [0.4, 0.5) is 0 Å². The number of carbonyl (C=O) groups excluding carboxylic acids is 1. The Hall–Kier alpha value is -0.750. The molecular weight excluding hydrogens is 633 g/mol. The van der Waals surface area contributed by atoms with Crippen molar-refractivity contribution in [1.82, 2.24) is 0 Å². The van der Waals surface area contributed by atoms with E-state index in [0.29, 0.717) is 75.4 Å². The SMILES string of the molecule is CCC1O[C@@H](OC2[C@H](O[C@H]3CCC4(C)C5CC=C6C7CC(C)(C)CC[C@]7(C=O)CC[C@H]6[C@@]5(C)CC[C@H]4C3C)OC(C)[C@@H](C)[C@@H]2C)C(C)[C@@H](C)[C@H]1C. The van der Waals surface area contributed by atoms with E-state index in [1.807, 2.05) is 0 Å². The van der Waals surface area contributed by atoms with E-state index in [1.54, 1.807) is 5.57 Å². The molecule has 2 heterocycles. The largest absolute Gasteiger partial charge is 0.349 e. The molecule has 6 fully saturated rings. The molecule has 5 nitrogen and oxygen atoms in total. The van der Waals surface area contributed by atoms with Gasteiger partial charge in [0.15, 0.2) is 12.6 Å². The summed E-state index contributed by atoms with van der Waals surface area (Å²) in [7, 11) is 0. The molecule has 290 valence electrons. The molecule has 19 atom stereocenters. The van der Waals surface area contributed by atoms with Crippen LogP contribution >= 0.6 is 0 Å². The minimum Gasteiger partial charge on any atom is -0.349 e. The van der Waals surface area contributed by atoms with Gasteiger partial charge in [0, 0.05) is 11.3 Å². The lowest BCUT2D eigenvalue weighted by molar-refractivity contribution is -0.347. The summed E-state index contributed by atoms with van der Waals surface area (Å²) in [5, 5.41) is 0. The van der Waals surface area contributed by atoms with Crippen molar-refractivity contribution in [3.63, 3.8) is 0 Å². The van der Waals surface area contributed by atoms with Gasteiger partial charge in [-0.1, -0.05) is 87.8 Å². The molecule has 4 saturated carbocycles. The molecule has 2 aliphatic heterocycles. The van der Waals surface area contributed by atoms with Gasteiger partial charge in [0.2, 0.25) is 0 Å². The average Bonchev–Trinajstić information content (AvgIpc) is 3.09. The van der Waals surface area contributed by atoms with Gasteiger partial charge in [-0.25, -0.2) is 0 Å². The first-order chi connectivity index (χ1) is 24.0. The second kappa shape index (κ2) is 13.8. The molecule has 5 heteroatoms. The number of rotatable bonds is 6. The topological polar surface area (TPSA) is 54.0 Å². The normalized spacial score (nSPS) is 55.3. The molecule has 7 aliphatic rings. The summed E-state index contributed by atoms with van der Waals surface area (Å²) in [6, 6.07) is 0. The number of hydrogen-bond acceptors (Lipinski definition) is 5. The monoisotopic (exact) mass is 709 g/mol. The van der Waals surface area contributed by atoms with Crippen molar-refractivity contribution in [2.45, 2.75) is 191 Å². The lowest BCUT2D eigenvalue weighted by Crippen LogP contribution is -2.61. The van der Waals surface area contributed by atoms with Crippen molar-refractivity contribution >= 4 is 6.29 Å². The fourth-order valence-electron chi connectivity index (χ4n) is 14.1. The van der Waals surface area contributed by atoms with Crippen LogP contribution in [0.2, 0.25) is 0 Å². The number of ether oxygens (including phenoxy) is 4. The number of fused-ring (bicyclic) bond motifs is 7. The Morgan fingerprint density at radius 1 is 0.725 bits per heavy atom. The minimum absolute atomic E-state index is 0.114. The van der Waals surface area contributed by atoms with Crippen LogP contribution in [0.5, 0.6) is 0 Å². The third kappa shape index (κ3) is 6.19. The van der Waals surface area contributed by atoms with E-state index in [2.05, 4.69) is 89.2 Å². The second-order valence-corrected chi connectivity index (χ2v) is 21.1. The van der Waals surface area contributed by atoms with E-state index >= 15 is 0 Å². The maximum Gasteiger partial charge on any atom is 0.184 e. The molecule has 0 aromatic heterocycles. The van der Waals surface area contributed by atoms with Crippen LogP contribution in [0.1, 0.15) is 154 Å². The van der Waals surface area contributed by atoms with E-state index in [4.69, 9.17) is 18.9 Å². The number of hydrogen-bond donors (Lipinski definition) is 0. The Bertz CT molecular complexity index is 1310. The van der Waals surface area contributed by atoms with Crippen LogP contribution in [0.3, 0.4) is 0 Å². The minimum atomic E-state index is -0.373. The highest BCUT2D eigenvalue weighted by Crippen LogP contribution is 2.70. The van der Waals surface area contributed by atoms with Gasteiger partial charge in [0.1, 0.15) is 12.4 Å². The van der Waals surface area contributed by atoms with Gasteiger partial charge in [-0.05, 0) is 147 Å². The first-order valence-corrected chi connectivity index (χ1v) is 21.8. The summed E-state index contributed by atoms with van der Waals surface area (Å²) in [4.78, 5) is 12.8. The van der Waals surface area contributed by atoms with Crippen LogP contribution in [-0.2, 0) is 23.7 Å². The summed E-state index contributed by atoms with van der Waals surface area (Å²) in [5.41, 5.74) is 2.51. The van der Waals surface area contributed by atoms with Gasteiger partial charge in [-0.3, -0.25) is 0 Å². The van der Waals surface area contributed by atoms with E-state index in [-0.39, 0.29) is 42.4 Å². The molecule has 0 bridgehead atoms. The first-order valence-electron chi connectivity index (χ1n) is 21.8. The standard InChI is InChI=1S/C46H76O5/c1-13-37-28(4)26(2)30(6)41(49-37)51-40-29(5)27(3)32(8)48-42(40)50-38-18-20-44(11)34(31(38)7)16-19-45(12)35-17-21-46(25-47)23-22-43(9,10)24-36(46)33(35)14-15-39(44)45/h14,25-32,34-42H,13,15-24H2,1-12H3/t26-,27-,28+,29-,30?,31?,32?,34-,35+,36?,37?,38-,39?,40?,41-,42-,44?,45+,46-/m0/s1. The second-order valence-electron chi connectivity index (χ2n) is 21.1. The Balaban J connectivity index is 1.09. The number of aldehydes is 1. The molecule has 0 spiro atoms. The molecule has 0 aromatic carbocycles. The fraction of sp³-hybridized carbons (Fsp3) is 0.935. The molecule has 8 unspecified atom stereocenters. The predicted molar refractivity (Wildman–Crippen MR) is 205 cm³/mol. The summed E-state index contributed by atoms with van der Waals surface area (Å²) >= 11 is 0. The molecule has 0 radical (unpaired) electrons. The molecule has 5 aliphatic carbocycles. The summed E-state index contributed by atoms with van der Waals surface area (Å²) in [5.74, 6) is 4.96. The highest BCUT2D eigenvalue weighted by atomic mass is 16.7. The lowest BCUT2D eigenvalue weighted by Gasteiger charge is -2.66. The van der Waals surface area contributed by atoms with E-state index in [1.165, 1.54) is 51.2 Å². The molecule has 0 N–H and O–H groups in total. The van der Waals surface area contributed by atoms with E-state index in [0.717, 1.165) is 25.7 Å². The van der Waals surface area contributed by atoms with E-state index < -0.39 is 0 Å². The highest BCUT2D eigenvalue weighted by molar-refractivity contribution is 5.62. The van der Waals surface area contributed by atoms with Crippen LogP contribution < -0.4 is 0 Å². The predicted octanol–water partition coefficient (Wildman–Crippen LogP) is 11.0. The zero-order valence-electron chi connectivity index (χ0n) is 34.7. The van der Waals surface area contributed by atoms with Gasteiger partial charge in [0.05, 0.1) is 18.3 Å². The molecule has 0 aromatic rings. The van der Waals surface area contributed by atoms with Gasteiger partial charge in [-0.2, -0.15) is 0 Å². The van der Waals surface area contributed by atoms with Crippen molar-refractivity contribution < 1.29 is 23.7 Å². The Kier molecular flexibility index (Phi) is 10.4. The summed E-state index contributed by atoms with van der Waals surface area (Å²) in [6.45, 7) is 28.8. The van der Waals surface area contributed by atoms with E-state index in [9.17, 15) is 4.79 Å². The third-order valence-corrected chi connectivity index (χ3v) is 18.4. The molecule has 51 heavy (non-hydrogen) atoms. The van der Waals surface area contributed by atoms with Crippen LogP contribution in [0.25, 0.3) is 0 Å². The highest BCUT2D eigenvalue weighted by Gasteiger charge is 2.63. The average molecular weight is 709 g/mol. The van der Waals surface area contributed by atoms with Crippen molar-refractivity contribution in [3.8, 4) is 0 Å². The van der Waals surface area contributed by atoms with Crippen molar-refractivity contribution in [2.24, 2.45) is 80.8 Å². The van der Waals surface area contributed by atoms with Gasteiger partial charge < -0.3 is 23.7 Å². The zero-order valence-corrected chi connectivity index (χ0v) is 34.7. The van der Waals surface area contributed by atoms with Gasteiger partial charge in [-0.15, -0.1) is 0 Å². The third-order valence-electron chi connectivity index (χ3n) is 18.4. The summed E-state index contributed by atoms with van der Waals surface area (Å²) < 4.78 is 27.7. The van der Waals surface area contributed by atoms with Crippen LogP contribution in [0.15, 0.2) is 11.6 Å². The smallest absolute Gasteiger partial charge is 0.184 e. The van der Waals surface area contributed by atoms with Crippen molar-refractivity contribution in [2.75, 3.05) is 0 Å². The van der Waals surface area contributed by atoms with Crippen LogP contribution in [0, 0.1) is 80.8 Å². The summed E-state index contributed by atoms with van der Waals surface area (Å²) in [6.07, 6.45) is 16.7. The van der Waals surface area contributed by atoms with Gasteiger partial charge >= 0.3 is 0 Å². The molecule has 7 rings (SSSR count). The van der Waals surface area contributed by atoms with Crippen molar-refractivity contribution in [1.29, 1.82) is 0 Å². The quantitative estimate of drug-likeness (QED) is 0.156. The number of allylic oxidation sites excluding steroid dienone is 2. The Morgan fingerprint density at radius 2 is 1.45 bits per heavy atom. The maximum atomic E-state index is 12.8. The lowest BCUT2D eigenvalue weighted by atomic mass is 9.38. The molecular formula is C46H76O5.